The van der Waals surface area contributed by atoms with Gasteiger partial charge in [0.2, 0.25) is 5.88 Å². The van der Waals surface area contributed by atoms with Crippen LogP contribution in [0.1, 0.15) is 5.56 Å². The third-order valence-corrected chi connectivity index (χ3v) is 7.46. The molecule has 2 aliphatic rings. The number of aliphatic hydroxyl groups is 1. The number of nitrogens with one attached hydrogen (secondary N) is 1. The average Bonchev–Trinajstić information content (AvgIpc) is 3.35. The molecule has 39 heavy (non-hydrogen) atoms. The summed E-state index contributed by atoms with van der Waals surface area (Å²) >= 11 is 0. The van der Waals surface area contributed by atoms with Crippen LogP contribution in [0.5, 0.6) is 11.6 Å². The number of rotatable bonds is 9. The van der Waals surface area contributed by atoms with Crippen LogP contribution < -0.4 is 19.1 Å². The van der Waals surface area contributed by atoms with Gasteiger partial charge in [0, 0.05) is 23.5 Å². The average molecular weight is 555 g/mol. The molecule has 2 aromatic carbocycles. The van der Waals surface area contributed by atoms with E-state index in [0.29, 0.717) is 24.0 Å². The number of aliphatic imine (C=N–C) groups is 1. The Hall–Kier alpha value is -4.29. The molecule has 0 saturated heterocycles. The van der Waals surface area contributed by atoms with Crippen LogP contribution in [0, 0.1) is 11.6 Å². The van der Waals surface area contributed by atoms with Gasteiger partial charge in [0.05, 0.1) is 30.4 Å². The van der Waals surface area contributed by atoms with E-state index < -0.39 is 26.6 Å². The second-order valence-corrected chi connectivity index (χ2v) is 10.3. The number of sulfonamides is 1. The molecule has 3 aromatic rings. The van der Waals surface area contributed by atoms with E-state index in [4.69, 9.17) is 14.6 Å². The second kappa shape index (κ2) is 10.8. The monoisotopic (exact) mass is 554 g/mol. The fourth-order valence-electron chi connectivity index (χ4n) is 4.29. The van der Waals surface area contributed by atoms with Crippen molar-refractivity contribution < 1.29 is 31.8 Å². The zero-order chi connectivity index (χ0) is 27.6. The highest BCUT2D eigenvalue weighted by atomic mass is 32.2. The van der Waals surface area contributed by atoms with Crippen LogP contribution in [-0.4, -0.2) is 57.3 Å². The molecule has 9 nitrogen and oxygen atoms in total. The second-order valence-electron chi connectivity index (χ2n) is 8.65. The molecule has 202 valence electrons. The highest BCUT2D eigenvalue weighted by Crippen LogP contribution is 2.33. The van der Waals surface area contributed by atoms with Crippen LogP contribution in [0.3, 0.4) is 0 Å². The van der Waals surface area contributed by atoms with Gasteiger partial charge in [-0.2, -0.15) is 0 Å². The molecule has 2 heterocycles. The molecule has 12 heteroatoms. The first-order valence-electron chi connectivity index (χ1n) is 11.9. The molecule has 0 spiro atoms. The van der Waals surface area contributed by atoms with Gasteiger partial charge in [-0.3, -0.25) is 9.71 Å². The zero-order valence-electron chi connectivity index (χ0n) is 20.7. The molecule has 0 fully saturated rings. The summed E-state index contributed by atoms with van der Waals surface area (Å²) in [7, 11) is -3.01. The van der Waals surface area contributed by atoms with Crippen molar-refractivity contribution in [1.82, 2.24) is 4.98 Å². The fraction of sp³-hybridized carbons (Fsp3) is 0.185. The van der Waals surface area contributed by atoms with Crippen LogP contribution in [0.15, 0.2) is 82.8 Å². The summed E-state index contributed by atoms with van der Waals surface area (Å²) in [5, 5.41) is 8.94. The van der Waals surface area contributed by atoms with E-state index in [-0.39, 0.29) is 30.8 Å². The van der Waals surface area contributed by atoms with Gasteiger partial charge in [-0.1, -0.05) is 6.08 Å². The van der Waals surface area contributed by atoms with Crippen LogP contribution >= 0.6 is 0 Å². The number of methoxy groups -OCH3 is 1. The molecule has 1 aliphatic heterocycles. The van der Waals surface area contributed by atoms with Crippen molar-refractivity contribution in [2.75, 3.05) is 36.6 Å². The van der Waals surface area contributed by atoms with Crippen LogP contribution in [-0.2, 0) is 10.0 Å². The molecular weight excluding hydrogens is 530 g/mol. The summed E-state index contributed by atoms with van der Waals surface area (Å²) in [5.41, 5.74) is 3.16. The van der Waals surface area contributed by atoms with E-state index in [1.54, 1.807) is 12.3 Å². The largest absolute Gasteiger partial charge is 0.491 e. The van der Waals surface area contributed by atoms with Gasteiger partial charge in [0.15, 0.2) is 0 Å². The predicted molar refractivity (Wildman–Crippen MR) is 143 cm³/mol. The number of allylic oxidation sites excluding steroid dienone is 2. The van der Waals surface area contributed by atoms with E-state index >= 15 is 0 Å². The van der Waals surface area contributed by atoms with E-state index in [0.717, 1.165) is 29.1 Å². The Morgan fingerprint density at radius 2 is 1.85 bits per heavy atom. The lowest BCUT2D eigenvalue weighted by Gasteiger charge is -2.27. The minimum atomic E-state index is -4.35. The number of ether oxygens (including phenoxy) is 2. The Bertz CT molecular complexity index is 1570. The molecule has 0 saturated carbocycles. The Labute approximate surface area is 223 Å². The van der Waals surface area contributed by atoms with Crippen molar-refractivity contribution in [3.8, 4) is 11.6 Å². The molecule has 1 aliphatic carbocycles. The van der Waals surface area contributed by atoms with Gasteiger partial charge >= 0.3 is 0 Å². The number of anilines is 2. The molecular formula is C27H24F2N4O5S. The van der Waals surface area contributed by atoms with Crippen LogP contribution in [0.25, 0.3) is 5.57 Å². The third-order valence-electron chi connectivity index (χ3n) is 6.11. The van der Waals surface area contributed by atoms with Crippen molar-refractivity contribution in [3.05, 3.63) is 90.2 Å². The van der Waals surface area contributed by atoms with Crippen molar-refractivity contribution in [1.29, 1.82) is 0 Å². The lowest BCUT2D eigenvalue weighted by Crippen LogP contribution is -2.34. The standard InChI is InChI=1S/C27H24F2N4O5S/c1-37-27-25(32-39(35,36)23-13-19(28)12-20(29)14-23)10-18(15-30-27)17-2-7-24-26(11-17)33(16-31-24)21-3-5-22(6-4-21)38-9-8-34/h2-7,10-15,26,32,34H,8-9,16H2,1H3. The molecule has 2 N–H and O–H groups in total. The van der Waals surface area contributed by atoms with Crippen molar-refractivity contribution in [3.63, 3.8) is 0 Å². The number of fused-ring (bicyclic) bond motifs is 1. The number of aliphatic hydroxyl groups excluding tert-OH is 1. The van der Waals surface area contributed by atoms with E-state index in [1.165, 1.54) is 7.11 Å². The molecule has 0 amide bonds. The lowest BCUT2D eigenvalue weighted by atomic mass is 9.96. The normalized spacial score (nSPS) is 16.4. The zero-order valence-corrected chi connectivity index (χ0v) is 21.5. The van der Waals surface area contributed by atoms with Gasteiger partial charge in [-0.15, -0.1) is 0 Å². The van der Waals surface area contributed by atoms with Gasteiger partial charge in [0.25, 0.3) is 10.0 Å². The number of pyridine rings is 1. The van der Waals surface area contributed by atoms with Gasteiger partial charge in [-0.05, 0) is 60.2 Å². The molecule has 1 atom stereocenters. The Morgan fingerprint density at radius 1 is 1.10 bits per heavy atom. The van der Waals surface area contributed by atoms with Crippen LogP contribution in [0.2, 0.25) is 0 Å². The first kappa shape index (κ1) is 26.3. The van der Waals surface area contributed by atoms with Crippen molar-refractivity contribution in [2.45, 2.75) is 10.9 Å². The summed E-state index contributed by atoms with van der Waals surface area (Å²) in [6.45, 7) is 0.587. The summed E-state index contributed by atoms with van der Waals surface area (Å²) < 4.78 is 66.1. The molecule has 0 bridgehead atoms. The maximum Gasteiger partial charge on any atom is 0.262 e. The van der Waals surface area contributed by atoms with Crippen LogP contribution in [0.4, 0.5) is 20.2 Å². The number of hydrogen-bond donors (Lipinski definition) is 2. The molecule has 0 radical (unpaired) electrons. The summed E-state index contributed by atoms with van der Waals surface area (Å²) in [6.07, 6.45) is 7.28. The Kier molecular flexibility index (Phi) is 7.31. The van der Waals surface area contributed by atoms with Crippen molar-refractivity contribution >= 4 is 32.7 Å². The predicted octanol–water partition coefficient (Wildman–Crippen LogP) is 3.78. The quantitative estimate of drug-likeness (QED) is 0.414. The first-order chi connectivity index (χ1) is 18.8. The molecule has 1 unspecified atom stereocenters. The van der Waals surface area contributed by atoms with Gasteiger partial charge in [0.1, 0.15) is 36.3 Å². The SMILES string of the molecule is COc1ncc(C2=CC3C(=NCN3c3ccc(OCCO)cc3)C=C2)cc1NS(=O)(=O)c1cc(F)cc(F)c1. The topological polar surface area (TPSA) is 113 Å². The van der Waals surface area contributed by atoms with E-state index in [9.17, 15) is 17.2 Å². The lowest BCUT2D eigenvalue weighted by molar-refractivity contribution is 0.201. The van der Waals surface area contributed by atoms with E-state index in [2.05, 4.69) is 19.6 Å². The minimum absolute atomic E-state index is 0.00663. The number of aromatic nitrogens is 1. The van der Waals surface area contributed by atoms with Gasteiger partial charge in [-0.25, -0.2) is 22.2 Å². The summed E-state index contributed by atoms with van der Waals surface area (Å²) in [6, 6.07) is 10.9. The summed E-state index contributed by atoms with van der Waals surface area (Å²) in [5.74, 6) is -1.39. The van der Waals surface area contributed by atoms with E-state index in [1.807, 2.05) is 42.5 Å². The minimum Gasteiger partial charge on any atom is -0.491 e. The Balaban J connectivity index is 1.42. The number of benzene rings is 2. The fourth-order valence-corrected chi connectivity index (χ4v) is 5.38. The maximum atomic E-state index is 13.7. The van der Waals surface area contributed by atoms with Gasteiger partial charge < -0.3 is 19.5 Å². The Morgan fingerprint density at radius 3 is 2.54 bits per heavy atom. The third kappa shape index (κ3) is 5.61. The number of hydrogen-bond acceptors (Lipinski definition) is 8. The number of halogens is 2. The number of nitrogens with zero attached hydrogens (tertiary/aromatic N) is 3. The van der Waals surface area contributed by atoms with Crippen molar-refractivity contribution in [2.24, 2.45) is 4.99 Å². The first-order valence-corrected chi connectivity index (χ1v) is 13.3. The molecule has 1 aromatic heterocycles. The highest BCUT2D eigenvalue weighted by Gasteiger charge is 2.29. The smallest absolute Gasteiger partial charge is 0.262 e. The summed E-state index contributed by atoms with van der Waals surface area (Å²) in [4.78, 5) is 10.4. The maximum absolute atomic E-state index is 13.7. The highest BCUT2D eigenvalue weighted by molar-refractivity contribution is 7.92. The molecule has 5 rings (SSSR count).